The van der Waals surface area contributed by atoms with Gasteiger partial charge in [-0.15, -0.1) is 0 Å². The molecule has 0 saturated carbocycles. The molecule has 1 amide bonds. The smallest absolute Gasteiger partial charge is 0.223 e. The van der Waals surface area contributed by atoms with Crippen LogP contribution in [0.25, 0.3) is 0 Å². The number of hydrogen-bond donors (Lipinski definition) is 1. The molecule has 1 saturated heterocycles. The lowest BCUT2D eigenvalue weighted by Crippen LogP contribution is -2.35. The maximum atomic E-state index is 11.9. The summed E-state index contributed by atoms with van der Waals surface area (Å²) in [6.45, 7) is 10.2. The summed E-state index contributed by atoms with van der Waals surface area (Å²) in [5.74, 6) is 1.37. The molecule has 0 radical (unpaired) electrons. The largest absolute Gasteiger partial charge is 0.342 e. The Morgan fingerprint density at radius 2 is 2.19 bits per heavy atom. The molecule has 0 aliphatic carbocycles. The van der Waals surface area contributed by atoms with Gasteiger partial charge in [0, 0.05) is 36.6 Å². The molecule has 0 aromatic heterocycles. The van der Waals surface area contributed by atoms with E-state index in [0.717, 1.165) is 38.4 Å². The van der Waals surface area contributed by atoms with E-state index in [4.69, 9.17) is 0 Å². The Labute approximate surface area is 103 Å². The van der Waals surface area contributed by atoms with Crippen molar-refractivity contribution in [3.05, 3.63) is 0 Å². The van der Waals surface area contributed by atoms with E-state index in [1.54, 1.807) is 0 Å². The zero-order chi connectivity index (χ0) is 12.0. The minimum atomic E-state index is 0.305. The van der Waals surface area contributed by atoms with E-state index in [9.17, 15) is 4.79 Å². The summed E-state index contributed by atoms with van der Waals surface area (Å²) in [6, 6.07) is 0. The van der Waals surface area contributed by atoms with Crippen LogP contribution in [-0.4, -0.2) is 47.5 Å². The van der Waals surface area contributed by atoms with Gasteiger partial charge in [0.2, 0.25) is 5.91 Å². The summed E-state index contributed by atoms with van der Waals surface area (Å²) >= 11 is 1.98. The molecule has 16 heavy (non-hydrogen) atoms. The molecule has 3 nitrogen and oxygen atoms in total. The molecular formula is C12H24N2OS. The van der Waals surface area contributed by atoms with Crippen molar-refractivity contribution in [2.45, 2.75) is 38.4 Å². The summed E-state index contributed by atoms with van der Waals surface area (Å²) in [4.78, 5) is 13.9. The Kier molecular flexibility index (Phi) is 5.62. The summed E-state index contributed by atoms with van der Waals surface area (Å²) in [5, 5.41) is 3.20. The van der Waals surface area contributed by atoms with Crippen LogP contribution < -0.4 is 5.32 Å². The molecule has 1 N–H and O–H groups in total. The second-order valence-electron chi connectivity index (χ2n) is 4.84. The molecule has 0 aromatic rings. The third-order valence-corrected chi connectivity index (χ3v) is 4.33. The van der Waals surface area contributed by atoms with Crippen molar-refractivity contribution >= 4 is 17.7 Å². The lowest BCUT2D eigenvalue weighted by molar-refractivity contribution is -0.130. The van der Waals surface area contributed by atoms with Gasteiger partial charge in [-0.25, -0.2) is 0 Å². The Hall–Kier alpha value is -0.220. The fourth-order valence-corrected chi connectivity index (χ4v) is 2.90. The third-order valence-electron chi connectivity index (χ3n) is 2.96. The van der Waals surface area contributed by atoms with Crippen LogP contribution in [0.3, 0.4) is 0 Å². The van der Waals surface area contributed by atoms with Crippen LogP contribution in [-0.2, 0) is 4.79 Å². The molecule has 1 fully saturated rings. The van der Waals surface area contributed by atoms with Crippen molar-refractivity contribution in [3.63, 3.8) is 0 Å². The molecule has 0 bridgehead atoms. The molecule has 1 aliphatic heterocycles. The van der Waals surface area contributed by atoms with Gasteiger partial charge in [0.25, 0.3) is 0 Å². The van der Waals surface area contributed by atoms with Gasteiger partial charge in [-0.3, -0.25) is 4.79 Å². The molecule has 0 aromatic carbocycles. The maximum absolute atomic E-state index is 11.9. The first-order chi connectivity index (χ1) is 7.55. The summed E-state index contributed by atoms with van der Waals surface area (Å²) < 4.78 is 0.330. The van der Waals surface area contributed by atoms with Gasteiger partial charge in [-0.05, 0) is 13.0 Å². The minimum absolute atomic E-state index is 0.305. The first-order valence-electron chi connectivity index (χ1n) is 6.17. The minimum Gasteiger partial charge on any atom is -0.342 e. The van der Waals surface area contributed by atoms with E-state index in [0.29, 0.717) is 17.1 Å². The van der Waals surface area contributed by atoms with Crippen molar-refractivity contribution in [1.82, 2.24) is 10.2 Å². The number of rotatable bonds is 4. The van der Waals surface area contributed by atoms with E-state index in [1.165, 1.54) is 0 Å². The van der Waals surface area contributed by atoms with Gasteiger partial charge in [-0.2, -0.15) is 11.8 Å². The number of hydrogen-bond acceptors (Lipinski definition) is 3. The zero-order valence-electron chi connectivity index (χ0n) is 10.7. The van der Waals surface area contributed by atoms with Gasteiger partial charge < -0.3 is 10.2 Å². The maximum Gasteiger partial charge on any atom is 0.223 e. The second kappa shape index (κ2) is 6.50. The molecular weight excluding hydrogens is 220 g/mol. The van der Waals surface area contributed by atoms with Crippen LogP contribution in [0.1, 0.15) is 33.6 Å². The number of carbonyl (C=O) groups excluding carboxylic acids is 1. The number of amides is 1. The van der Waals surface area contributed by atoms with Crippen LogP contribution in [0, 0.1) is 0 Å². The van der Waals surface area contributed by atoms with Crippen LogP contribution >= 0.6 is 11.8 Å². The molecule has 94 valence electrons. The Morgan fingerprint density at radius 1 is 1.44 bits per heavy atom. The van der Waals surface area contributed by atoms with Crippen molar-refractivity contribution in [1.29, 1.82) is 0 Å². The van der Waals surface area contributed by atoms with Crippen LogP contribution in [0.4, 0.5) is 0 Å². The van der Waals surface area contributed by atoms with Crippen molar-refractivity contribution < 1.29 is 4.79 Å². The summed E-state index contributed by atoms with van der Waals surface area (Å²) in [7, 11) is 0. The first kappa shape index (κ1) is 13.8. The van der Waals surface area contributed by atoms with Crippen LogP contribution in [0.5, 0.6) is 0 Å². The average Bonchev–Trinajstić information content (AvgIpc) is 2.39. The molecule has 4 heteroatoms. The Bertz CT molecular complexity index is 231. The molecule has 0 unspecified atom stereocenters. The normalized spacial score (nSPS) is 20.6. The van der Waals surface area contributed by atoms with E-state index >= 15 is 0 Å². The molecule has 1 aliphatic rings. The molecule has 0 atom stereocenters. The van der Waals surface area contributed by atoms with Crippen molar-refractivity contribution in [2.24, 2.45) is 0 Å². The highest BCUT2D eigenvalue weighted by atomic mass is 32.2. The van der Waals surface area contributed by atoms with Gasteiger partial charge in [0.1, 0.15) is 0 Å². The van der Waals surface area contributed by atoms with Gasteiger partial charge in [0.15, 0.2) is 0 Å². The van der Waals surface area contributed by atoms with Crippen LogP contribution in [0.2, 0.25) is 0 Å². The molecule has 1 heterocycles. The second-order valence-corrected chi connectivity index (χ2v) is 6.64. The fraction of sp³-hybridized carbons (Fsp3) is 0.917. The fourth-order valence-electron chi connectivity index (χ4n) is 1.80. The van der Waals surface area contributed by atoms with Crippen LogP contribution in [0.15, 0.2) is 0 Å². The zero-order valence-corrected chi connectivity index (χ0v) is 11.5. The highest BCUT2D eigenvalue weighted by Crippen LogP contribution is 2.30. The van der Waals surface area contributed by atoms with Gasteiger partial charge >= 0.3 is 0 Å². The number of nitrogens with zero attached hydrogens (tertiary/aromatic N) is 1. The molecule has 0 spiro atoms. The summed E-state index contributed by atoms with van der Waals surface area (Å²) in [5.41, 5.74) is 0. The quantitative estimate of drug-likeness (QED) is 0.764. The first-order valence-corrected chi connectivity index (χ1v) is 7.16. The van der Waals surface area contributed by atoms with Crippen molar-refractivity contribution in [3.8, 4) is 0 Å². The third kappa shape index (κ3) is 4.74. The van der Waals surface area contributed by atoms with Crippen molar-refractivity contribution in [2.75, 3.05) is 31.9 Å². The SMILES string of the molecule is CCNCCC(=O)N1CCSC(C)(C)CC1. The van der Waals surface area contributed by atoms with E-state index in [-0.39, 0.29) is 0 Å². The number of thioether (sulfide) groups is 1. The summed E-state index contributed by atoms with van der Waals surface area (Å²) in [6.07, 6.45) is 1.74. The Morgan fingerprint density at radius 3 is 2.88 bits per heavy atom. The number of nitrogens with one attached hydrogen (secondary N) is 1. The van der Waals surface area contributed by atoms with E-state index in [2.05, 4.69) is 26.1 Å². The highest BCUT2D eigenvalue weighted by molar-refractivity contribution is 8.00. The molecule has 1 rings (SSSR count). The topological polar surface area (TPSA) is 32.3 Å². The highest BCUT2D eigenvalue weighted by Gasteiger charge is 2.25. The lowest BCUT2D eigenvalue weighted by Gasteiger charge is -2.22. The predicted octanol–water partition coefficient (Wildman–Crippen LogP) is 1.73. The van der Waals surface area contributed by atoms with Gasteiger partial charge in [-0.1, -0.05) is 20.8 Å². The average molecular weight is 244 g/mol. The number of carbonyl (C=O) groups is 1. The van der Waals surface area contributed by atoms with E-state index < -0.39 is 0 Å². The Balaban J connectivity index is 2.33. The monoisotopic (exact) mass is 244 g/mol. The predicted molar refractivity (Wildman–Crippen MR) is 70.9 cm³/mol. The van der Waals surface area contributed by atoms with Gasteiger partial charge in [0.05, 0.1) is 0 Å². The standard InChI is InChI=1S/C12H24N2OS/c1-4-13-7-5-11(15)14-8-6-12(2,3)16-10-9-14/h13H,4-10H2,1-3H3. The van der Waals surface area contributed by atoms with E-state index in [1.807, 2.05) is 16.7 Å². The lowest BCUT2D eigenvalue weighted by atomic mass is 10.1.